The van der Waals surface area contributed by atoms with Crippen molar-refractivity contribution in [3.63, 3.8) is 0 Å². The molecule has 2 fully saturated rings. The Hall–Kier alpha value is -1.62. The molecule has 0 radical (unpaired) electrons. The van der Waals surface area contributed by atoms with Crippen molar-refractivity contribution in [2.24, 2.45) is 11.8 Å². The second-order valence-electron chi connectivity index (χ2n) is 7.88. The summed E-state index contributed by atoms with van der Waals surface area (Å²) in [6.07, 6.45) is 3.82. The van der Waals surface area contributed by atoms with Crippen molar-refractivity contribution in [1.82, 2.24) is 5.32 Å². The third-order valence-electron chi connectivity index (χ3n) is 5.83. The molecule has 3 rings (SSSR count). The van der Waals surface area contributed by atoms with Gasteiger partial charge in [0.2, 0.25) is 5.91 Å². The van der Waals surface area contributed by atoms with Crippen molar-refractivity contribution < 1.29 is 18.7 Å². The summed E-state index contributed by atoms with van der Waals surface area (Å²) in [5, 5.41) is 3.19. The summed E-state index contributed by atoms with van der Waals surface area (Å²) in [5.74, 6) is 0.755. The molecule has 1 heterocycles. The molecule has 4 nitrogen and oxygen atoms in total. The summed E-state index contributed by atoms with van der Waals surface area (Å²) < 4.78 is 25.3. The Morgan fingerprint density at radius 1 is 1.40 bits per heavy atom. The fourth-order valence-corrected chi connectivity index (χ4v) is 4.62. The molecule has 5 heteroatoms. The van der Waals surface area contributed by atoms with Gasteiger partial charge in [-0.2, -0.15) is 0 Å². The quantitative estimate of drug-likeness (QED) is 0.897. The first kappa shape index (κ1) is 18.2. The van der Waals surface area contributed by atoms with Gasteiger partial charge in [-0.05, 0) is 43.4 Å². The second-order valence-corrected chi connectivity index (χ2v) is 7.88. The van der Waals surface area contributed by atoms with E-state index in [4.69, 9.17) is 9.47 Å². The minimum absolute atomic E-state index is 0.0165. The molecule has 0 unspecified atom stereocenters. The molecule has 5 atom stereocenters. The predicted octanol–water partition coefficient (Wildman–Crippen LogP) is 4.00. The lowest BCUT2D eigenvalue weighted by Gasteiger charge is -2.52. The Bertz CT molecular complexity index is 650. The number of halogens is 1. The van der Waals surface area contributed by atoms with Crippen LogP contribution in [0.3, 0.4) is 0 Å². The highest BCUT2D eigenvalue weighted by atomic mass is 19.1. The minimum atomic E-state index is -0.379. The van der Waals surface area contributed by atoms with Crippen molar-refractivity contribution >= 4 is 5.91 Å². The molecule has 1 aliphatic carbocycles. The van der Waals surface area contributed by atoms with E-state index in [1.165, 1.54) is 13.2 Å². The lowest BCUT2D eigenvalue weighted by Crippen LogP contribution is -2.60. The molecule has 138 valence electrons. The zero-order valence-electron chi connectivity index (χ0n) is 15.5. The van der Waals surface area contributed by atoms with Crippen LogP contribution in [-0.2, 0) is 9.53 Å². The van der Waals surface area contributed by atoms with Gasteiger partial charge in [-0.25, -0.2) is 4.39 Å². The Balaban J connectivity index is 1.92. The normalized spacial score (nSPS) is 34.9. The van der Waals surface area contributed by atoms with E-state index in [-0.39, 0.29) is 35.2 Å². The summed E-state index contributed by atoms with van der Waals surface area (Å²) in [4.78, 5) is 11.8. The molecular weight excluding hydrogens is 321 g/mol. The van der Waals surface area contributed by atoms with Gasteiger partial charge < -0.3 is 14.8 Å². The van der Waals surface area contributed by atoms with Crippen LogP contribution in [0.4, 0.5) is 4.39 Å². The van der Waals surface area contributed by atoms with E-state index in [0.29, 0.717) is 18.3 Å². The highest BCUT2D eigenvalue weighted by Crippen LogP contribution is 2.48. The number of amides is 1. The third kappa shape index (κ3) is 3.66. The molecule has 1 aromatic carbocycles. The molecule has 1 saturated carbocycles. The summed E-state index contributed by atoms with van der Waals surface area (Å²) in [6.45, 7) is 5.94. The molecule has 1 saturated heterocycles. The van der Waals surface area contributed by atoms with Crippen LogP contribution in [0.2, 0.25) is 0 Å². The maximum Gasteiger partial charge on any atom is 0.217 e. The summed E-state index contributed by atoms with van der Waals surface area (Å²) in [6, 6.07) is 4.88. The first-order valence-electron chi connectivity index (χ1n) is 9.10. The van der Waals surface area contributed by atoms with Crippen LogP contribution in [-0.4, -0.2) is 24.7 Å². The van der Waals surface area contributed by atoms with E-state index >= 15 is 0 Å². The van der Waals surface area contributed by atoms with Gasteiger partial charge in [0, 0.05) is 24.8 Å². The van der Waals surface area contributed by atoms with E-state index in [2.05, 4.69) is 19.2 Å². The number of methoxy groups -OCH3 is 1. The van der Waals surface area contributed by atoms with Crippen molar-refractivity contribution in [2.75, 3.05) is 7.11 Å². The Morgan fingerprint density at radius 2 is 2.16 bits per heavy atom. The number of fused-ring (bicyclic) bond motifs is 1. The lowest BCUT2D eigenvalue weighted by molar-refractivity contribution is -0.153. The third-order valence-corrected chi connectivity index (χ3v) is 5.83. The molecule has 1 aromatic rings. The highest BCUT2D eigenvalue weighted by Gasteiger charge is 2.49. The fraction of sp³-hybridized carbons (Fsp3) is 0.650. The van der Waals surface area contributed by atoms with Gasteiger partial charge in [0.05, 0.1) is 19.3 Å². The Morgan fingerprint density at radius 3 is 2.84 bits per heavy atom. The molecule has 25 heavy (non-hydrogen) atoms. The van der Waals surface area contributed by atoms with Crippen molar-refractivity contribution in [3.8, 4) is 5.75 Å². The fourth-order valence-electron chi connectivity index (χ4n) is 4.62. The molecule has 2 aliphatic rings. The summed E-state index contributed by atoms with van der Waals surface area (Å²) in [5.41, 5.74) is 0.577. The molecule has 0 aromatic heterocycles. The Kier molecular flexibility index (Phi) is 5.05. The van der Waals surface area contributed by atoms with Gasteiger partial charge in [-0.3, -0.25) is 4.79 Å². The number of benzene rings is 1. The molecule has 1 aliphatic heterocycles. The van der Waals surface area contributed by atoms with Crippen molar-refractivity contribution in [3.05, 3.63) is 29.6 Å². The summed E-state index contributed by atoms with van der Waals surface area (Å²) in [7, 11) is 1.46. The van der Waals surface area contributed by atoms with Gasteiger partial charge in [-0.1, -0.05) is 19.4 Å². The smallest absolute Gasteiger partial charge is 0.217 e. The zero-order chi connectivity index (χ0) is 18.2. The summed E-state index contributed by atoms with van der Waals surface area (Å²) >= 11 is 0. The van der Waals surface area contributed by atoms with Gasteiger partial charge in [-0.15, -0.1) is 0 Å². The van der Waals surface area contributed by atoms with Crippen LogP contribution in [0, 0.1) is 17.7 Å². The van der Waals surface area contributed by atoms with Crippen LogP contribution in [0.1, 0.15) is 58.1 Å². The Labute approximate surface area is 149 Å². The first-order chi connectivity index (χ1) is 11.8. The van der Waals surface area contributed by atoms with Crippen LogP contribution in [0.5, 0.6) is 5.75 Å². The lowest BCUT2D eigenvalue weighted by atomic mass is 9.66. The predicted molar refractivity (Wildman–Crippen MR) is 93.9 cm³/mol. The van der Waals surface area contributed by atoms with E-state index in [1.54, 1.807) is 19.1 Å². The van der Waals surface area contributed by atoms with Crippen LogP contribution in [0.25, 0.3) is 0 Å². The maximum atomic E-state index is 13.8. The number of carbonyl (C=O) groups excluding carboxylic acids is 1. The van der Waals surface area contributed by atoms with Crippen LogP contribution in [0.15, 0.2) is 18.2 Å². The van der Waals surface area contributed by atoms with E-state index in [9.17, 15) is 9.18 Å². The molecule has 0 bridgehead atoms. The van der Waals surface area contributed by atoms with E-state index in [0.717, 1.165) is 24.8 Å². The number of ether oxygens (including phenoxy) is 2. The molecule has 1 N–H and O–H groups in total. The molecule has 0 spiro atoms. The van der Waals surface area contributed by atoms with Crippen molar-refractivity contribution in [2.45, 2.75) is 64.2 Å². The first-order valence-corrected chi connectivity index (χ1v) is 9.10. The molecular formula is C20H28FNO3. The van der Waals surface area contributed by atoms with Gasteiger partial charge in [0.25, 0.3) is 0 Å². The molecule has 1 amide bonds. The van der Waals surface area contributed by atoms with Crippen molar-refractivity contribution in [1.29, 1.82) is 0 Å². The van der Waals surface area contributed by atoms with Crippen LogP contribution < -0.4 is 10.1 Å². The number of hydrogen-bond donors (Lipinski definition) is 1. The largest absolute Gasteiger partial charge is 0.494 e. The second kappa shape index (κ2) is 6.94. The zero-order valence-corrected chi connectivity index (χ0v) is 15.5. The maximum absolute atomic E-state index is 13.8. The number of nitrogens with one attached hydrogen (secondary N) is 1. The van der Waals surface area contributed by atoms with Gasteiger partial charge in [0.1, 0.15) is 0 Å². The SMILES string of the molecule is COc1cc([C@H]2C[C@](C)(NC(C)=O)[C@@H]3CC[C@@H](C)C[C@H]3O2)ccc1F. The standard InChI is InChI=1S/C20H28FNO3/c1-12-5-7-15-17(9-12)25-19(11-20(15,3)22-13(2)23)14-6-8-16(21)18(10-14)24-4/h6,8,10,12,15,17,19H,5,7,9,11H2,1-4H3,(H,22,23)/t12-,15-,17-,19-,20+/m1/s1. The highest BCUT2D eigenvalue weighted by molar-refractivity contribution is 5.73. The monoisotopic (exact) mass is 349 g/mol. The number of carbonyl (C=O) groups is 1. The average Bonchev–Trinajstić information content (AvgIpc) is 2.53. The number of rotatable bonds is 3. The van der Waals surface area contributed by atoms with E-state index in [1.807, 2.05) is 0 Å². The van der Waals surface area contributed by atoms with Gasteiger partial charge >= 0.3 is 0 Å². The minimum Gasteiger partial charge on any atom is -0.494 e. The topological polar surface area (TPSA) is 47.6 Å². The van der Waals surface area contributed by atoms with Crippen LogP contribution >= 0.6 is 0 Å². The average molecular weight is 349 g/mol. The van der Waals surface area contributed by atoms with E-state index < -0.39 is 0 Å². The van der Waals surface area contributed by atoms with Gasteiger partial charge in [0.15, 0.2) is 11.6 Å². The number of hydrogen-bond acceptors (Lipinski definition) is 3.